The Kier molecular flexibility index (Phi) is 10.5. The van der Waals surface area contributed by atoms with Gasteiger partial charge in [-0.3, -0.25) is 19.3 Å². The SMILES string of the molecule is O=C(/C=C/c1cc(Cl)ccc1-n1cnnn1)N[C@@H](CC(=O)N1CCN(Cc2ccccc2)CC1)C(=O)Nc1ccc(C(=O)O)cc1. The first-order chi connectivity index (χ1) is 22.2. The van der Waals surface area contributed by atoms with Gasteiger partial charge in [0.05, 0.1) is 17.7 Å². The van der Waals surface area contributed by atoms with Crippen LogP contribution in [0.25, 0.3) is 11.8 Å². The predicted molar refractivity (Wildman–Crippen MR) is 170 cm³/mol. The summed E-state index contributed by atoms with van der Waals surface area (Å²) in [5, 5.41) is 26.1. The summed E-state index contributed by atoms with van der Waals surface area (Å²) in [7, 11) is 0. The largest absolute Gasteiger partial charge is 0.478 e. The summed E-state index contributed by atoms with van der Waals surface area (Å²) in [4.78, 5) is 55.0. The number of hydrogen-bond acceptors (Lipinski definition) is 8. The van der Waals surface area contributed by atoms with E-state index in [9.17, 15) is 24.3 Å². The summed E-state index contributed by atoms with van der Waals surface area (Å²) in [6.07, 6.45) is 3.86. The third-order valence-electron chi connectivity index (χ3n) is 7.38. The highest BCUT2D eigenvalue weighted by atomic mass is 35.5. The number of carboxylic acids is 1. The number of carbonyl (C=O) groups is 4. The summed E-state index contributed by atoms with van der Waals surface area (Å²) < 4.78 is 1.41. The zero-order valence-corrected chi connectivity index (χ0v) is 25.4. The highest BCUT2D eigenvalue weighted by Crippen LogP contribution is 2.20. The number of rotatable bonds is 11. The van der Waals surface area contributed by atoms with Crippen LogP contribution in [-0.4, -0.2) is 91.0 Å². The van der Waals surface area contributed by atoms with Gasteiger partial charge in [0, 0.05) is 55.1 Å². The van der Waals surface area contributed by atoms with Gasteiger partial charge in [-0.1, -0.05) is 41.9 Å². The minimum Gasteiger partial charge on any atom is -0.478 e. The maximum atomic E-state index is 13.4. The number of aromatic nitrogens is 4. The van der Waals surface area contributed by atoms with Crippen LogP contribution >= 0.6 is 11.6 Å². The lowest BCUT2D eigenvalue weighted by Crippen LogP contribution is -2.51. The maximum Gasteiger partial charge on any atom is 0.335 e. The molecule has 1 atom stereocenters. The molecule has 0 bridgehead atoms. The van der Waals surface area contributed by atoms with E-state index in [4.69, 9.17) is 11.6 Å². The number of halogens is 1. The molecule has 46 heavy (non-hydrogen) atoms. The molecular formula is C32H31ClN8O5. The highest BCUT2D eigenvalue weighted by Gasteiger charge is 2.28. The fourth-order valence-electron chi connectivity index (χ4n) is 4.96. The summed E-state index contributed by atoms with van der Waals surface area (Å²) in [6.45, 7) is 3.09. The molecule has 1 aliphatic rings. The van der Waals surface area contributed by atoms with Crippen molar-refractivity contribution in [2.75, 3.05) is 31.5 Å². The number of carboxylic acid groups (broad SMARTS) is 1. The number of carbonyl (C=O) groups excluding carboxylic acids is 3. The summed E-state index contributed by atoms with van der Waals surface area (Å²) >= 11 is 6.18. The molecule has 0 saturated carbocycles. The van der Waals surface area contributed by atoms with E-state index in [0.29, 0.717) is 48.1 Å². The molecule has 0 unspecified atom stereocenters. The molecule has 2 heterocycles. The molecular weight excluding hydrogens is 612 g/mol. The van der Waals surface area contributed by atoms with Crippen molar-refractivity contribution in [3.63, 3.8) is 0 Å². The number of anilines is 1. The van der Waals surface area contributed by atoms with E-state index < -0.39 is 23.8 Å². The average molecular weight is 643 g/mol. The zero-order valence-electron chi connectivity index (χ0n) is 24.6. The number of benzene rings is 3. The third-order valence-corrected chi connectivity index (χ3v) is 7.62. The van der Waals surface area contributed by atoms with E-state index in [-0.39, 0.29) is 17.9 Å². The van der Waals surface area contributed by atoms with Crippen LogP contribution in [0.3, 0.4) is 0 Å². The molecule has 14 heteroatoms. The molecule has 1 saturated heterocycles. The number of nitrogens with zero attached hydrogens (tertiary/aromatic N) is 6. The summed E-state index contributed by atoms with van der Waals surface area (Å²) in [5.41, 5.74) is 2.67. The molecule has 0 aliphatic carbocycles. The number of piperazine rings is 1. The van der Waals surface area contributed by atoms with Crippen molar-refractivity contribution in [3.8, 4) is 5.69 Å². The molecule has 236 valence electrons. The van der Waals surface area contributed by atoms with E-state index in [1.165, 1.54) is 53.0 Å². The van der Waals surface area contributed by atoms with Gasteiger partial charge in [-0.05, 0) is 64.5 Å². The Morgan fingerprint density at radius 1 is 0.957 bits per heavy atom. The first-order valence-corrected chi connectivity index (χ1v) is 14.8. The fraction of sp³-hybridized carbons (Fsp3) is 0.219. The zero-order chi connectivity index (χ0) is 32.5. The van der Waals surface area contributed by atoms with Crippen LogP contribution < -0.4 is 10.6 Å². The number of tetrazole rings is 1. The monoisotopic (exact) mass is 642 g/mol. The molecule has 3 N–H and O–H groups in total. The standard InChI is InChI=1S/C32H31ClN8O5/c33-25-9-12-28(41-21-34-37-38-41)24(18-25)8-13-29(42)36-27(31(44)35-26-10-6-23(7-11-26)32(45)46)19-30(43)40-16-14-39(15-17-40)20-22-4-2-1-3-5-22/h1-13,18,21,27H,14-17,19-20H2,(H,35,44)(H,36,42)(H,45,46)/b13-8+/t27-/m0/s1. The van der Waals surface area contributed by atoms with Crippen LogP contribution in [0.5, 0.6) is 0 Å². The van der Waals surface area contributed by atoms with E-state index in [1.807, 2.05) is 18.2 Å². The molecule has 1 aromatic heterocycles. The van der Waals surface area contributed by atoms with Crippen LogP contribution in [0.2, 0.25) is 5.02 Å². The third kappa shape index (κ3) is 8.61. The lowest BCUT2D eigenvalue weighted by molar-refractivity contribution is -0.136. The molecule has 4 aromatic rings. The fourth-order valence-corrected chi connectivity index (χ4v) is 5.14. The number of amides is 3. The average Bonchev–Trinajstić information content (AvgIpc) is 3.59. The van der Waals surface area contributed by atoms with Gasteiger partial charge < -0.3 is 20.6 Å². The lowest BCUT2D eigenvalue weighted by atomic mass is 10.1. The first kappa shape index (κ1) is 32.0. The quantitative estimate of drug-likeness (QED) is 0.209. The maximum absolute atomic E-state index is 13.4. The van der Waals surface area contributed by atoms with Crippen molar-refractivity contribution in [2.24, 2.45) is 0 Å². The normalized spacial score (nSPS) is 14.2. The highest BCUT2D eigenvalue weighted by molar-refractivity contribution is 6.30. The summed E-state index contributed by atoms with van der Waals surface area (Å²) in [5.74, 6) is -2.63. The van der Waals surface area contributed by atoms with Gasteiger partial charge in [-0.25, -0.2) is 4.79 Å². The summed E-state index contributed by atoms with van der Waals surface area (Å²) in [6, 6.07) is 19.4. The molecule has 3 amide bonds. The van der Waals surface area contributed by atoms with E-state index in [2.05, 4.69) is 43.2 Å². The van der Waals surface area contributed by atoms with Crippen LogP contribution in [0, 0.1) is 0 Å². The second kappa shape index (κ2) is 15.1. The number of aromatic carboxylic acids is 1. The van der Waals surface area contributed by atoms with E-state index in [0.717, 1.165) is 6.54 Å². The van der Waals surface area contributed by atoms with Gasteiger partial charge in [-0.2, -0.15) is 4.68 Å². The van der Waals surface area contributed by atoms with Crippen molar-refractivity contribution in [1.29, 1.82) is 0 Å². The lowest BCUT2D eigenvalue weighted by Gasteiger charge is -2.35. The molecule has 0 radical (unpaired) electrons. The van der Waals surface area contributed by atoms with Crippen molar-refractivity contribution in [1.82, 2.24) is 35.3 Å². The second-order valence-electron chi connectivity index (χ2n) is 10.6. The molecule has 3 aromatic carbocycles. The predicted octanol–water partition coefficient (Wildman–Crippen LogP) is 2.89. The van der Waals surface area contributed by atoms with Crippen molar-refractivity contribution < 1.29 is 24.3 Å². The van der Waals surface area contributed by atoms with Crippen LogP contribution in [0.4, 0.5) is 5.69 Å². The smallest absolute Gasteiger partial charge is 0.335 e. The Morgan fingerprint density at radius 3 is 2.37 bits per heavy atom. The van der Waals surface area contributed by atoms with Gasteiger partial charge in [0.2, 0.25) is 17.7 Å². The van der Waals surface area contributed by atoms with Crippen molar-refractivity contribution in [2.45, 2.75) is 19.0 Å². The van der Waals surface area contributed by atoms with Crippen molar-refractivity contribution >= 4 is 47.1 Å². The van der Waals surface area contributed by atoms with Crippen LogP contribution in [-0.2, 0) is 20.9 Å². The molecule has 0 spiro atoms. The Morgan fingerprint density at radius 2 is 1.70 bits per heavy atom. The van der Waals surface area contributed by atoms with E-state index in [1.54, 1.807) is 23.1 Å². The minimum absolute atomic E-state index is 0.0524. The second-order valence-corrected chi connectivity index (χ2v) is 11.0. The van der Waals surface area contributed by atoms with E-state index >= 15 is 0 Å². The van der Waals surface area contributed by atoms with Gasteiger partial charge in [0.1, 0.15) is 12.4 Å². The van der Waals surface area contributed by atoms with Crippen LogP contribution in [0.1, 0.15) is 27.9 Å². The molecule has 1 aliphatic heterocycles. The molecule has 1 fully saturated rings. The minimum atomic E-state index is -1.22. The Bertz CT molecular complexity index is 1710. The molecule has 5 rings (SSSR count). The Hall–Kier alpha value is -5.40. The van der Waals surface area contributed by atoms with Gasteiger partial charge in [0.15, 0.2) is 0 Å². The number of nitrogens with one attached hydrogen (secondary N) is 2. The Balaban J connectivity index is 1.27. The molecule has 13 nitrogen and oxygen atoms in total. The van der Waals surface area contributed by atoms with Gasteiger partial charge in [-0.15, -0.1) is 5.10 Å². The van der Waals surface area contributed by atoms with Crippen molar-refractivity contribution in [3.05, 3.63) is 107 Å². The number of hydrogen-bond donors (Lipinski definition) is 3. The first-order valence-electron chi connectivity index (χ1n) is 14.4. The Labute approximate surface area is 269 Å². The van der Waals surface area contributed by atoms with Gasteiger partial charge in [0.25, 0.3) is 0 Å². The topological polar surface area (TPSA) is 163 Å². The van der Waals surface area contributed by atoms with Crippen LogP contribution in [0.15, 0.2) is 85.2 Å². The van der Waals surface area contributed by atoms with Gasteiger partial charge >= 0.3 is 5.97 Å².